The summed E-state index contributed by atoms with van der Waals surface area (Å²) in [6.07, 6.45) is 1.33. The van der Waals surface area contributed by atoms with E-state index in [1.807, 2.05) is 66.7 Å². The van der Waals surface area contributed by atoms with Crippen LogP contribution >= 0.6 is 0 Å². The van der Waals surface area contributed by atoms with Gasteiger partial charge in [0.15, 0.2) is 0 Å². The molecule has 0 bridgehead atoms. The largest absolute Gasteiger partial charge is 0.495 e. The second kappa shape index (κ2) is 6.28. The van der Waals surface area contributed by atoms with Crippen molar-refractivity contribution in [3.63, 3.8) is 0 Å². The van der Waals surface area contributed by atoms with Crippen LogP contribution in [0.4, 0.5) is 11.5 Å². The van der Waals surface area contributed by atoms with E-state index in [-0.39, 0.29) is 12.1 Å². The van der Waals surface area contributed by atoms with Crippen molar-refractivity contribution < 1.29 is 9.53 Å². The molecular weight excluding hydrogens is 314 g/mol. The number of para-hydroxylation sites is 2. The normalized spacial score (nSPS) is 15.8. The van der Waals surface area contributed by atoms with E-state index in [0.717, 1.165) is 17.0 Å². The molecule has 0 fully saturated rings. The van der Waals surface area contributed by atoms with Gasteiger partial charge in [0.25, 0.3) is 5.91 Å². The van der Waals surface area contributed by atoms with E-state index in [4.69, 9.17) is 4.74 Å². The maximum absolute atomic E-state index is 13.0. The molecule has 2 heterocycles. The lowest BCUT2D eigenvalue weighted by Gasteiger charge is -2.26. The van der Waals surface area contributed by atoms with Crippen LogP contribution < -0.4 is 15.0 Å². The van der Waals surface area contributed by atoms with Gasteiger partial charge in [0.2, 0.25) is 0 Å². The van der Waals surface area contributed by atoms with Crippen LogP contribution in [0, 0.1) is 0 Å². The highest BCUT2D eigenvalue weighted by Crippen LogP contribution is 2.38. The van der Waals surface area contributed by atoms with Crippen molar-refractivity contribution in [1.82, 2.24) is 4.98 Å². The Morgan fingerprint density at radius 1 is 1.00 bits per heavy atom. The molecule has 0 saturated carbocycles. The number of nitrogens with one attached hydrogen (secondary N) is 1. The van der Waals surface area contributed by atoms with Gasteiger partial charge in [-0.2, -0.15) is 0 Å². The Hall–Kier alpha value is -3.34. The molecule has 124 valence electrons. The van der Waals surface area contributed by atoms with Gasteiger partial charge in [-0.15, -0.1) is 0 Å². The fraction of sp³-hybridized carbons (Fsp3) is 0.100. The molecule has 0 aliphatic carbocycles. The van der Waals surface area contributed by atoms with Crippen LogP contribution in [0.5, 0.6) is 5.75 Å². The van der Waals surface area contributed by atoms with E-state index in [2.05, 4.69) is 10.3 Å². The van der Waals surface area contributed by atoms with Gasteiger partial charge in [-0.1, -0.05) is 36.4 Å². The molecule has 5 nitrogen and oxygen atoms in total. The Balaban J connectivity index is 1.80. The summed E-state index contributed by atoms with van der Waals surface area (Å²) in [5.74, 6) is 1.26. The Kier molecular flexibility index (Phi) is 3.82. The number of pyridine rings is 1. The molecule has 0 saturated heterocycles. The standard InChI is InChI=1S/C20H17N3O2/c1-25-17-11-5-4-10-16(17)22-19-14-8-2-3-9-15(14)20(24)23(19)18-12-6-7-13-21-18/h2-13,19,22H,1H3/t19-/m1/s1. The number of fused-ring (bicyclic) bond motifs is 1. The van der Waals surface area contributed by atoms with E-state index in [1.165, 1.54) is 0 Å². The zero-order chi connectivity index (χ0) is 17.2. The summed E-state index contributed by atoms with van der Waals surface area (Å²) in [4.78, 5) is 19.0. The molecule has 1 aliphatic heterocycles. The second-order valence-corrected chi connectivity index (χ2v) is 5.70. The molecule has 3 aromatic rings. The molecule has 1 atom stereocenters. The molecule has 1 amide bonds. The number of amides is 1. The number of benzene rings is 2. The van der Waals surface area contributed by atoms with Crippen LogP contribution in [0.2, 0.25) is 0 Å². The predicted octanol–water partition coefficient (Wildman–Crippen LogP) is 3.86. The van der Waals surface area contributed by atoms with Gasteiger partial charge in [0.1, 0.15) is 17.7 Å². The van der Waals surface area contributed by atoms with Crippen molar-refractivity contribution >= 4 is 17.4 Å². The first-order valence-corrected chi connectivity index (χ1v) is 8.02. The molecule has 1 N–H and O–H groups in total. The van der Waals surface area contributed by atoms with E-state index in [1.54, 1.807) is 18.2 Å². The van der Waals surface area contributed by atoms with Crippen molar-refractivity contribution in [2.45, 2.75) is 6.17 Å². The molecular formula is C20H17N3O2. The molecule has 2 aromatic carbocycles. The molecule has 0 spiro atoms. The highest BCUT2D eigenvalue weighted by atomic mass is 16.5. The van der Waals surface area contributed by atoms with Gasteiger partial charge in [0.05, 0.1) is 12.8 Å². The number of rotatable bonds is 4. The second-order valence-electron chi connectivity index (χ2n) is 5.70. The number of hydrogen-bond donors (Lipinski definition) is 1. The number of carbonyl (C=O) groups is 1. The Labute approximate surface area is 145 Å². The monoisotopic (exact) mass is 331 g/mol. The SMILES string of the molecule is COc1ccccc1N[C@H]1c2ccccc2C(=O)N1c1ccccn1. The van der Waals surface area contributed by atoms with Crippen molar-refractivity contribution in [2.75, 3.05) is 17.3 Å². The van der Waals surface area contributed by atoms with Crippen molar-refractivity contribution in [3.8, 4) is 5.75 Å². The van der Waals surface area contributed by atoms with E-state index < -0.39 is 0 Å². The summed E-state index contributed by atoms with van der Waals surface area (Å²) >= 11 is 0. The predicted molar refractivity (Wildman–Crippen MR) is 96.8 cm³/mol. The van der Waals surface area contributed by atoms with Crippen molar-refractivity contribution in [2.24, 2.45) is 0 Å². The lowest BCUT2D eigenvalue weighted by Crippen LogP contribution is -2.33. The molecule has 1 aliphatic rings. The Bertz CT molecular complexity index is 912. The van der Waals surface area contributed by atoms with Gasteiger partial charge in [-0.3, -0.25) is 9.69 Å². The highest BCUT2D eigenvalue weighted by Gasteiger charge is 2.38. The lowest BCUT2D eigenvalue weighted by atomic mass is 10.1. The van der Waals surface area contributed by atoms with Crippen molar-refractivity contribution in [1.29, 1.82) is 0 Å². The fourth-order valence-electron chi connectivity index (χ4n) is 3.10. The number of carbonyl (C=O) groups excluding carboxylic acids is 1. The van der Waals surface area contributed by atoms with Crippen LogP contribution in [0.15, 0.2) is 72.9 Å². The van der Waals surface area contributed by atoms with Crippen LogP contribution in [0.3, 0.4) is 0 Å². The van der Waals surface area contributed by atoms with Gasteiger partial charge < -0.3 is 10.1 Å². The van der Waals surface area contributed by atoms with Gasteiger partial charge in [-0.25, -0.2) is 4.98 Å². The van der Waals surface area contributed by atoms with Crippen molar-refractivity contribution in [3.05, 3.63) is 84.1 Å². The molecule has 0 radical (unpaired) electrons. The molecule has 5 heteroatoms. The zero-order valence-corrected chi connectivity index (χ0v) is 13.7. The van der Waals surface area contributed by atoms with Gasteiger partial charge >= 0.3 is 0 Å². The number of methoxy groups -OCH3 is 1. The van der Waals surface area contributed by atoms with E-state index in [9.17, 15) is 4.79 Å². The quantitative estimate of drug-likeness (QED) is 0.789. The first kappa shape index (κ1) is 15.2. The third-order valence-electron chi connectivity index (χ3n) is 4.26. The Morgan fingerprint density at radius 2 is 1.76 bits per heavy atom. The highest BCUT2D eigenvalue weighted by molar-refractivity contribution is 6.11. The van der Waals surface area contributed by atoms with Crippen LogP contribution in [0.1, 0.15) is 22.1 Å². The minimum Gasteiger partial charge on any atom is -0.495 e. The van der Waals surface area contributed by atoms with Crippen LogP contribution in [-0.4, -0.2) is 18.0 Å². The average Bonchev–Trinajstić information content (AvgIpc) is 2.95. The lowest BCUT2D eigenvalue weighted by molar-refractivity contribution is 0.0992. The number of nitrogens with zero attached hydrogens (tertiary/aromatic N) is 2. The first-order valence-electron chi connectivity index (χ1n) is 8.02. The smallest absolute Gasteiger partial charge is 0.261 e. The number of aromatic nitrogens is 1. The fourth-order valence-corrected chi connectivity index (χ4v) is 3.10. The maximum atomic E-state index is 13.0. The minimum atomic E-state index is -0.352. The Morgan fingerprint density at radius 3 is 2.56 bits per heavy atom. The average molecular weight is 331 g/mol. The summed E-state index contributed by atoms with van der Waals surface area (Å²) in [5, 5.41) is 3.44. The maximum Gasteiger partial charge on any atom is 0.261 e. The minimum absolute atomic E-state index is 0.0679. The van der Waals surface area contributed by atoms with E-state index in [0.29, 0.717) is 11.4 Å². The molecule has 0 unspecified atom stereocenters. The number of hydrogen-bond acceptors (Lipinski definition) is 4. The van der Waals surface area contributed by atoms with E-state index >= 15 is 0 Å². The molecule has 1 aromatic heterocycles. The molecule has 25 heavy (non-hydrogen) atoms. The third kappa shape index (κ3) is 2.59. The van der Waals surface area contributed by atoms with Crippen LogP contribution in [0.25, 0.3) is 0 Å². The van der Waals surface area contributed by atoms with Crippen LogP contribution in [-0.2, 0) is 0 Å². The summed E-state index contributed by atoms with van der Waals surface area (Å²) < 4.78 is 5.43. The summed E-state index contributed by atoms with van der Waals surface area (Å²) in [5.41, 5.74) is 2.42. The zero-order valence-electron chi connectivity index (χ0n) is 13.7. The van der Waals surface area contributed by atoms with Gasteiger partial charge in [0, 0.05) is 17.3 Å². The summed E-state index contributed by atoms with van der Waals surface area (Å²) in [6, 6.07) is 20.8. The molecule has 4 rings (SSSR count). The summed E-state index contributed by atoms with van der Waals surface area (Å²) in [6.45, 7) is 0. The summed E-state index contributed by atoms with van der Waals surface area (Å²) in [7, 11) is 1.63. The van der Waals surface area contributed by atoms with Gasteiger partial charge in [-0.05, 0) is 30.3 Å². The topological polar surface area (TPSA) is 54.5 Å². The number of anilines is 2. The number of ether oxygens (including phenoxy) is 1. The third-order valence-corrected chi connectivity index (χ3v) is 4.26. The first-order chi connectivity index (χ1) is 12.3.